The zero-order chi connectivity index (χ0) is 22.5. The molecule has 0 spiro atoms. The lowest BCUT2D eigenvalue weighted by molar-refractivity contribution is 0.281. The molecule has 162 valence electrons. The van der Waals surface area contributed by atoms with Crippen LogP contribution in [0.3, 0.4) is 0 Å². The minimum Gasteiger partial charge on any atom is -0.394 e. The first-order chi connectivity index (χ1) is 15.5. The number of anilines is 3. The van der Waals surface area contributed by atoms with Gasteiger partial charge in [-0.25, -0.2) is 9.19 Å². The molecule has 0 radical (unpaired) electrons. The van der Waals surface area contributed by atoms with Gasteiger partial charge in [0, 0.05) is 27.6 Å². The highest BCUT2D eigenvalue weighted by atomic mass is 32.2. The predicted molar refractivity (Wildman–Crippen MR) is 125 cm³/mol. The molecule has 0 bridgehead atoms. The molecule has 32 heavy (non-hydrogen) atoms. The van der Waals surface area contributed by atoms with Gasteiger partial charge in [-0.1, -0.05) is 17.9 Å². The van der Waals surface area contributed by atoms with Crippen molar-refractivity contribution < 1.29 is 9.32 Å². The number of hydrogen-bond donors (Lipinski definition) is 6. The van der Waals surface area contributed by atoms with E-state index in [9.17, 15) is 9.32 Å². The van der Waals surface area contributed by atoms with Gasteiger partial charge < -0.3 is 15.7 Å². The standard InChI is InChI=1S/C22H21N7O2S/c1-14(13-30)26-21-16(6-5-15-3-2-4-20-19(15)12-25-29-20)11-24-22(28-21)27-17-7-9-18(10-8-17)32(23)31/h2-4,7-12,14,23,30,32H,13H2,1H3,(H,25,29)(H2,24,26,27,28)/t14-/m1/s1. The number of nitrogens with zero attached hydrogens (tertiary/aromatic N) is 3. The molecular weight excluding hydrogens is 426 g/mol. The number of thiol groups is 1. The number of aromatic amines is 1. The van der Waals surface area contributed by atoms with Gasteiger partial charge in [0.05, 0.1) is 40.7 Å². The van der Waals surface area contributed by atoms with E-state index in [-0.39, 0.29) is 12.6 Å². The molecule has 2 atom stereocenters. The smallest absolute Gasteiger partial charge is 0.229 e. The second-order valence-corrected chi connectivity index (χ2v) is 8.14. The number of rotatable bonds is 6. The van der Waals surface area contributed by atoms with Gasteiger partial charge in [0.1, 0.15) is 5.82 Å². The van der Waals surface area contributed by atoms with Crippen molar-refractivity contribution in [3.8, 4) is 11.8 Å². The summed E-state index contributed by atoms with van der Waals surface area (Å²) in [5.41, 5.74) is 3.00. The number of H-pyrrole nitrogens is 1. The number of benzene rings is 2. The van der Waals surface area contributed by atoms with E-state index in [1.54, 1.807) is 36.7 Å². The topological polar surface area (TPSA) is 140 Å². The largest absolute Gasteiger partial charge is 0.394 e. The third-order valence-corrected chi connectivity index (χ3v) is 5.39. The van der Waals surface area contributed by atoms with Crippen LogP contribution in [0.5, 0.6) is 0 Å². The van der Waals surface area contributed by atoms with Crippen molar-refractivity contribution in [2.75, 3.05) is 17.2 Å². The van der Waals surface area contributed by atoms with E-state index in [1.807, 2.05) is 25.1 Å². The van der Waals surface area contributed by atoms with E-state index in [0.717, 1.165) is 16.5 Å². The van der Waals surface area contributed by atoms with Crippen LogP contribution in [0.2, 0.25) is 0 Å². The molecule has 2 aromatic carbocycles. The normalized spacial score (nSPS) is 12.6. The number of aromatic nitrogens is 4. The third kappa shape index (κ3) is 4.85. The molecular formula is C22H21N7O2S. The average Bonchev–Trinajstić information content (AvgIpc) is 3.28. The molecule has 4 aromatic rings. The second-order valence-electron chi connectivity index (χ2n) is 7.04. The Morgan fingerprint density at radius 2 is 1.94 bits per heavy atom. The summed E-state index contributed by atoms with van der Waals surface area (Å²) in [6.45, 7) is 1.76. The Morgan fingerprint density at radius 3 is 2.69 bits per heavy atom. The minimum absolute atomic E-state index is 0.0687. The molecule has 0 aliphatic rings. The zero-order valence-electron chi connectivity index (χ0n) is 17.1. The molecule has 0 amide bonds. The molecule has 5 N–H and O–H groups in total. The SMILES string of the molecule is C[C@H](CO)Nc1nc(Nc2ccc([SH](=N)=O)cc2)ncc1C#Cc1cccc2[nH]ncc12. The molecule has 0 aliphatic carbocycles. The minimum atomic E-state index is -2.13. The summed E-state index contributed by atoms with van der Waals surface area (Å²) >= 11 is 0. The van der Waals surface area contributed by atoms with Crippen LogP contribution in [0.1, 0.15) is 18.1 Å². The number of aliphatic hydroxyl groups excluding tert-OH is 1. The van der Waals surface area contributed by atoms with E-state index in [0.29, 0.717) is 27.9 Å². The highest BCUT2D eigenvalue weighted by Crippen LogP contribution is 2.20. The summed E-state index contributed by atoms with van der Waals surface area (Å²) < 4.78 is 18.6. The van der Waals surface area contributed by atoms with Gasteiger partial charge in [-0.15, -0.1) is 0 Å². The lowest BCUT2D eigenvalue weighted by atomic mass is 10.1. The molecule has 0 fully saturated rings. The average molecular weight is 448 g/mol. The summed E-state index contributed by atoms with van der Waals surface area (Å²) in [6, 6.07) is 12.2. The fraction of sp³-hybridized carbons (Fsp3) is 0.136. The maximum atomic E-state index is 11.3. The van der Waals surface area contributed by atoms with Crippen LogP contribution in [0.25, 0.3) is 10.9 Å². The quantitative estimate of drug-likeness (QED) is 0.197. The van der Waals surface area contributed by atoms with Crippen LogP contribution in [0.4, 0.5) is 17.5 Å². The van der Waals surface area contributed by atoms with Crippen LogP contribution in [0, 0.1) is 16.6 Å². The first kappa shape index (κ1) is 21.3. The third-order valence-electron chi connectivity index (χ3n) is 4.62. The molecule has 1 unspecified atom stereocenters. The van der Waals surface area contributed by atoms with E-state index < -0.39 is 10.6 Å². The predicted octanol–water partition coefficient (Wildman–Crippen LogP) is 2.89. The van der Waals surface area contributed by atoms with Crippen LogP contribution >= 0.6 is 0 Å². The Bertz CT molecular complexity index is 1380. The van der Waals surface area contributed by atoms with Crippen LogP contribution in [-0.2, 0) is 10.6 Å². The number of hydrogen-bond acceptors (Lipinski definition) is 8. The van der Waals surface area contributed by atoms with E-state index in [1.165, 1.54) is 0 Å². The molecule has 10 heteroatoms. The van der Waals surface area contributed by atoms with E-state index in [4.69, 9.17) is 4.78 Å². The molecule has 9 nitrogen and oxygen atoms in total. The Labute approximate surface area is 186 Å². The maximum absolute atomic E-state index is 11.3. The first-order valence-corrected chi connectivity index (χ1v) is 11.0. The lowest BCUT2D eigenvalue weighted by Gasteiger charge is -2.14. The molecule has 0 saturated heterocycles. The van der Waals surface area contributed by atoms with Gasteiger partial charge in [-0.2, -0.15) is 10.1 Å². The first-order valence-electron chi connectivity index (χ1n) is 9.77. The molecule has 2 aromatic heterocycles. The highest BCUT2D eigenvalue weighted by Gasteiger charge is 2.10. The molecule has 4 rings (SSSR count). The fourth-order valence-electron chi connectivity index (χ4n) is 2.94. The van der Waals surface area contributed by atoms with Crippen molar-refractivity contribution in [3.05, 3.63) is 66.0 Å². The van der Waals surface area contributed by atoms with Crippen molar-refractivity contribution in [1.29, 1.82) is 4.78 Å². The van der Waals surface area contributed by atoms with Gasteiger partial charge in [0.15, 0.2) is 0 Å². The Kier molecular flexibility index (Phi) is 6.30. The van der Waals surface area contributed by atoms with E-state index >= 15 is 0 Å². The number of nitrogens with one attached hydrogen (secondary N) is 4. The van der Waals surface area contributed by atoms with Gasteiger partial charge in [-0.3, -0.25) is 9.88 Å². The Hall–Kier alpha value is -3.94. The summed E-state index contributed by atoms with van der Waals surface area (Å²) in [4.78, 5) is 9.32. The van der Waals surface area contributed by atoms with Crippen molar-refractivity contribution in [1.82, 2.24) is 20.2 Å². The molecule has 2 heterocycles. The molecule has 0 saturated carbocycles. The van der Waals surface area contributed by atoms with Gasteiger partial charge in [-0.05, 0) is 43.3 Å². The Balaban J connectivity index is 1.65. The van der Waals surface area contributed by atoms with Gasteiger partial charge >= 0.3 is 0 Å². The van der Waals surface area contributed by atoms with E-state index in [2.05, 4.69) is 42.6 Å². The lowest BCUT2D eigenvalue weighted by Crippen LogP contribution is -2.21. The van der Waals surface area contributed by atoms with Crippen molar-refractivity contribution >= 4 is 39.0 Å². The van der Waals surface area contributed by atoms with Crippen LogP contribution in [0.15, 0.2) is 59.8 Å². The maximum Gasteiger partial charge on any atom is 0.229 e. The second kappa shape index (κ2) is 9.47. The Morgan fingerprint density at radius 1 is 1.16 bits per heavy atom. The van der Waals surface area contributed by atoms with Crippen LogP contribution in [-0.4, -0.2) is 42.1 Å². The number of fused-ring (bicyclic) bond motifs is 1. The summed E-state index contributed by atoms with van der Waals surface area (Å²) in [5, 5.41) is 23.6. The monoisotopic (exact) mass is 447 g/mol. The number of aliphatic hydroxyl groups is 1. The van der Waals surface area contributed by atoms with Gasteiger partial charge in [0.25, 0.3) is 0 Å². The summed E-state index contributed by atoms with van der Waals surface area (Å²) in [7, 11) is -2.13. The van der Waals surface area contributed by atoms with Crippen molar-refractivity contribution in [2.24, 2.45) is 0 Å². The zero-order valence-corrected chi connectivity index (χ0v) is 18.0. The van der Waals surface area contributed by atoms with Crippen LogP contribution < -0.4 is 10.6 Å². The van der Waals surface area contributed by atoms with Gasteiger partial charge in [0.2, 0.25) is 5.95 Å². The molecule has 0 aliphatic heterocycles. The highest BCUT2D eigenvalue weighted by molar-refractivity contribution is 7.73. The fourth-order valence-corrected chi connectivity index (χ4v) is 3.36. The summed E-state index contributed by atoms with van der Waals surface area (Å²) in [6.07, 6.45) is 3.34. The van der Waals surface area contributed by atoms with Crippen molar-refractivity contribution in [3.63, 3.8) is 0 Å². The summed E-state index contributed by atoms with van der Waals surface area (Å²) in [5.74, 6) is 7.08. The van der Waals surface area contributed by atoms with Crippen molar-refractivity contribution in [2.45, 2.75) is 17.9 Å².